The van der Waals surface area contributed by atoms with E-state index in [9.17, 15) is 10.2 Å². The van der Waals surface area contributed by atoms with Gasteiger partial charge in [0.1, 0.15) is 11.9 Å². The summed E-state index contributed by atoms with van der Waals surface area (Å²) >= 11 is 0. The van der Waals surface area contributed by atoms with Gasteiger partial charge in [-0.05, 0) is 45.6 Å². The molecule has 43 heavy (non-hydrogen) atoms. The van der Waals surface area contributed by atoms with E-state index in [1.807, 2.05) is 61.5 Å². The minimum atomic E-state index is -2.85. The maximum absolute atomic E-state index is 10.8. The fraction of sp³-hybridized carbons (Fsp3) is 0.389. The Kier molecular flexibility index (Phi) is 11.5. The largest absolute Gasteiger partial charge is 0.497 e. The molecule has 7 heteroatoms. The van der Waals surface area contributed by atoms with Crippen LogP contribution in [0.15, 0.2) is 109 Å². The number of rotatable bonds is 13. The molecule has 5 atom stereocenters. The molecule has 1 aliphatic heterocycles. The van der Waals surface area contributed by atoms with Crippen molar-refractivity contribution in [2.45, 2.75) is 70.4 Å². The molecule has 4 rings (SSSR count). The highest BCUT2D eigenvalue weighted by Crippen LogP contribution is 2.38. The van der Waals surface area contributed by atoms with Crippen LogP contribution in [0.3, 0.4) is 0 Å². The first-order valence-corrected chi connectivity index (χ1v) is 16.9. The second-order valence-electron chi connectivity index (χ2n) is 12.2. The van der Waals surface area contributed by atoms with Crippen molar-refractivity contribution in [2.24, 2.45) is 5.92 Å². The highest BCUT2D eigenvalue weighted by Gasteiger charge is 2.52. The Morgan fingerprint density at radius 2 is 1.51 bits per heavy atom. The van der Waals surface area contributed by atoms with Crippen molar-refractivity contribution in [2.75, 3.05) is 13.7 Å². The second-order valence-corrected chi connectivity index (χ2v) is 16.4. The maximum atomic E-state index is 10.8. The van der Waals surface area contributed by atoms with Crippen LogP contribution in [0.5, 0.6) is 5.75 Å². The second kappa shape index (κ2) is 15.1. The van der Waals surface area contributed by atoms with Crippen LogP contribution in [0.25, 0.3) is 0 Å². The van der Waals surface area contributed by atoms with Crippen molar-refractivity contribution >= 4 is 18.7 Å². The van der Waals surface area contributed by atoms with Gasteiger partial charge in [-0.3, -0.25) is 0 Å². The molecular formula is C36H46O6Si. The van der Waals surface area contributed by atoms with E-state index in [0.717, 1.165) is 11.3 Å². The molecule has 0 fully saturated rings. The van der Waals surface area contributed by atoms with Gasteiger partial charge in [0.25, 0.3) is 8.32 Å². The molecule has 0 radical (unpaired) electrons. The minimum Gasteiger partial charge on any atom is -0.497 e. The van der Waals surface area contributed by atoms with Gasteiger partial charge in [0.05, 0.1) is 32.5 Å². The van der Waals surface area contributed by atoms with Crippen LogP contribution in [0.1, 0.15) is 39.7 Å². The summed E-state index contributed by atoms with van der Waals surface area (Å²) in [6, 6.07) is 28.7. The first-order valence-electron chi connectivity index (χ1n) is 15.0. The topological polar surface area (TPSA) is 77.4 Å². The van der Waals surface area contributed by atoms with Crippen LogP contribution in [-0.4, -0.2) is 56.8 Å². The lowest BCUT2D eigenvalue weighted by molar-refractivity contribution is -0.121. The molecule has 0 spiro atoms. The molecule has 1 aliphatic rings. The summed E-state index contributed by atoms with van der Waals surface area (Å²) in [7, 11) is -1.20. The third kappa shape index (κ3) is 8.32. The molecule has 230 valence electrons. The van der Waals surface area contributed by atoms with Crippen molar-refractivity contribution in [1.82, 2.24) is 0 Å². The molecule has 0 aromatic heterocycles. The normalized spacial score (nSPS) is 20.7. The summed E-state index contributed by atoms with van der Waals surface area (Å²) in [4.78, 5) is 0. The summed E-state index contributed by atoms with van der Waals surface area (Å²) in [5.74, 6) is 0.744. The molecule has 2 N–H and O–H groups in total. The number of methoxy groups -OCH3 is 1. The average Bonchev–Trinajstić information content (AvgIpc) is 3.01. The number of ether oxygens (including phenoxy) is 3. The fourth-order valence-electron chi connectivity index (χ4n) is 5.53. The number of aliphatic hydroxyl groups excluding tert-OH is 2. The lowest BCUT2D eigenvalue weighted by Crippen LogP contribution is -2.68. The summed E-state index contributed by atoms with van der Waals surface area (Å²) in [5.41, 5.74) is 1.05. The Bertz CT molecular complexity index is 1260. The maximum Gasteiger partial charge on any atom is 0.262 e. The van der Waals surface area contributed by atoms with Crippen LogP contribution in [0.2, 0.25) is 5.04 Å². The lowest BCUT2D eigenvalue weighted by atomic mass is 10.0. The molecule has 0 bridgehead atoms. The number of aliphatic hydroxyl groups is 2. The van der Waals surface area contributed by atoms with E-state index in [-0.39, 0.29) is 11.0 Å². The molecule has 0 aliphatic carbocycles. The predicted octanol–water partition coefficient (Wildman–Crippen LogP) is 5.37. The average molecular weight is 603 g/mol. The van der Waals surface area contributed by atoms with E-state index < -0.39 is 32.9 Å². The highest BCUT2D eigenvalue weighted by atomic mass is 28.4. The molecule has 1 unspecified atom stereocenters. The first-order chi connectivity index (χ1) is 20.6. The zero-order valence-corrected chi connectivity index (χ0v) is 26.9. The molecule has 3 aromatic carbocycles. The van der Waals surface area contributed by atoms with Crippen LogP contribution < -0.4 is 15.1 Å². The Hall–Kier alpha value is -3.04. The molecule has 0 amide bonds. The standard InChI is InChI=1S/C36H46O6Si/c1-27(25-40-26-28-19-21-29(39-5)22-20-28)32(37)17-12-18-33-34(23-24-35(38)41-33)42-43(36(2,3)4,30-13-8-6-9-14-30)31-15-10-7-11-16-31/h6-16,18-24,27,32-35,37-38H,17,25-26H2,1-5H3/b18-12+/t27-,32-,33-,34-,35?/m0/s1. The van der Waals surface area contributed by atoms with Crippen molar-refractivity contribution in [3.8, 4) is 5.75 Å². The van der Waals surface area contributed by atoms with Crippen molar-refractivity contribution in [3.63, 3.8) is 0 Å². The van der Waals surface area contributed by atoms with Gasteiger partial charge in [-0.1, -0.05) is 119 Å². The van der Waals surface area contributed by atoms with Gasteiger partial charge in [0.15, 0.2) is 6.29 Å². The number of benzene rings is 3. The van der Waals surface area contributed by atoms with E-state index in [0.29, 0.717) is 19.6 Å². The van der Waals surface area contributed by atoms with E-state index in [1.54, 1.807) is 13.2 Å². The highest BCUT2D eigenvalue weighted by molar-refractivity contribution is 6.99. The molecule has 0 saturated carbocycles. The van der Waals surface area contributed by atoms with E-state index in [4.69, 9.17) is 18.6 Å². The molecule has 3 aromatic rings. The Balaban J connectivity index is 1.46. The smallest absolute Gasteiger partial charge is 0.262 e. The quantitative estimate of drug-likeness (QED) is 0.202. The van der Waals surface area contributed by atoms with Gasteiger partial charge in [-0.2, -0.15) is 0 Å². The van der Waals surface area contributed by atoms with Crippen molar-refractivity contribution < 1.29 is 28.8 Å². The van der Waals surface area contributed by atoms with Crippen molar-refractivity contribution in [1.29, 1.82) is 0 Å². The van der Waals surface area contributed by atoms with Gasteiger partial charge < -0.3 is 28.8 Å². The lowest BCUT2D eigenvalue weighted by Gasteiger charge is -2.46. The fourth-order valence-corrected chi connectivity index (χ4v) is 10.2. The molecular weight excluding hydrogens is 556 g/mol. The van der Waals surface area contributed by atoms with Gasteiger partial charge in [0, 0.05) is 5.92 Å². The SMILES string of the molecule is COc1ccc(COC[C@H](C)[C@@H](O)C/C=C/[C@@H]2OC(O)C=C[C@@H]2O[Si](c2ccccc2)(c2ccccc2)C(C)(C)C)cc1. The Labute approximate surface area is 257 Å². The minimum absolute atomic E-state index is 0.0650. The zero-order chi connectivity index (χ0) is 30.9. The third-order valence-corrected chi connectivity index (χ3v) is 13.0. The van der Waals surface area contributed by atoms with Gasteiger partial charge in [-0.15, -0.1) is 0 Å². The number of hydrogen-bond acceptors (Lipinski definition) is 6. The number of hydrogen-bond donors (Lipinski definition) is 2. The Morgan fingerprint density at radius 1 is 0.907 bits per heavy atom. The molecule has 0 saturated heterocycles. The van der Waals surface area contributed by atoms with Gasteiger partial charge in [0.2, 0.25) is 0 Å². The van der Waals surface area contributed by atoms with Gasteiger partial charge in [-0.25, -0.2) is 0 Å². The summed E-state index contributed by atoms with van der Waals surface area (Å²) in [6.07, 6.45) is 5.25. The van der Waals surface area contributed by atoms with Crippen LogP contribution in [-0.2, 0) is 20.5 Å². The predicted molar refractivity (Wildman–Crippen MR) is 174 cm³/mol. The first kappa shape index (κ1) is 32.9. The summed E-state index contributed by atoms with van der Waals surface area (Å²) in [6.45, 7) is 9.59. The summed E-state index contributed by atoms with van der Waals surface area (Å²) < 4.78 is 24.3. The summed E-state index contributed by atoms with van der Waals surface area (Å²) in [5, 5.41) is 23.3. The zero-order valence-electron chi connectivity index (χ0n) is 25.9. The molecule has 1 heterocycles. The van der Waals surface area contributed by atoms with E-state index in [2.05, 4.69) is 69.3 Å². The molecule has 6 nitrogen and oxygen atoms in total. The van der Waals surface area contributed by atoms with E-state index in [1.165, 1.54) is 10.4 Å². The van der Waals surface area contributed by atoms with Crippen LogP contribution in [0, 0.1) is 5.92 Å². The van der Waals surface area contributed by atoms with Crippen LogP contribution >= 0.6 is 0 Å². The Morgan fingerprint density at radius 3 is 2.07 bits per heavy atom. The van der Waals surface area contributed by atoms with Gasteiger partial charge >= 0.3 is 0 Å². The van der Waals surface area contributed by atoms with E-state index >= 15 is 0 Å². The van der Waals surface area contributed by atoms with Crippen LogP contribution in [0.4, 0.5) is 0 Å². The van der Waals surface area contributed by atoms with Crippen molar-refractivity contribution in [3.05, 3.63) is 115 Å². The third-order valence-electron chi connectivity index (χ3n) is 7.98. The monoisotopic (exact) mass is 602 g/mol.